The Bertz CT molecular complexity index is 710. The molecule has 1 heterocycles. The van der Waals surface area contributed by atoms with E-state index in [2.05, 4.69) is 10.3 Å². The fraction of sp³-hybridized carbons (Fsp3) is 0.231. The first kappa shape index (κ1) is 15.6. The zero-order valence-electron chi connectivity index (χ0n) is 11.6. The molecule has 2 aromatic rings. The molecule has 0 aliphatic heterocycles. The van der Waals surface area contributed by atoms with Crippen LogP contribution in [0.4, 0.5) is 5.13 Å². The van der Waals surface area contributed by atoms with E-state index in [0.717, 1.165) is 9.87 Å². The largest absolute Gasteiger partial charge is 0.301 e. The SMILES string of the molecule is Cc1ccc(S(=O)(=O)N(C)CC(=O)Nc2nccs2)cc1. The minimum atomic E-state index is -3.67. The average molecular weight is 325 g/mol. The Hall–Kier alpha value is -1.77. The highest BCUT2D eigenvalue weighted by molar-refractivity contribution is 7.89. The first-order valence-corrected chi connectivity index (χ1v) is 8.44. The van der Waals surface area contributed by atoms with Crippen LogP contribution in [0, 0.1) is 6.92 Å². The molecule has 0 atom stereocenters. The van der Waals surface area contributed by atoms with E-state index in [0.29, 0.717) is 5.13 Å². The fourth-order valence-electron chi connectivity index (χ4n) is 1.62. The van der Waals surface area contributed by atoms with Crippen LogP contribution in [0.15, 0.2) is 40.7 Å². The van der Waals surface area contributed by atoms with Gasteiger partial charge >= 0.3 is 0 Å². The lowest BCUT2D eigenvalue weighted by Crippen LogP contribution is -2.34. The predicted molar refractivity (Wildman–Crippen MR) is 81.7 cm³/mol. The number of aryl methyl sites for hydroxylation is 1. The molecule has 0 aliphatic rings. The standard InChI is InChI=1S/C13H15N3O3S2/c1-10-3-5-11(6-4-10)21(18,19)16(2)9-12(17)15-13-14-7-8-20-13/h3-8H,9H2,1-2H3,(H,14,15,17). The Morgan fingerprint density at radius 2 is 2.00 bits per heavy atom. The molecule has 1 aromatic carbocycles. The molecule has 0 aliphatic carbocycles. The van der Waals surface area contributed by atoms with Gasteiger partial charge in [0, 0.05) is 18.6 Å². The molecule has 2 rings (SSSR count). The zero-order valence-corrected chi connectivity index (χ0v) is 13.2. The molecule has 1 amide bonds. The number of thiazole rings is 1. The quantitative estimate of drug-likeness (QED) is 0.907. The number of benzene rings is 1. The average Bonchev–Trinajstić information content (AvgIpc) is 2.91. The monoisotopic (exact) mass is 325 g/mol. The van der Waals surface area contributed by atoms with Crippen LogP contribution in [-0.4, -0.2) is 37.2 Å². The van der Waals surface area contributed by atoms with Gasteiger partial charge in [0.1, 0.15) is 0 Å². The summed E-state index contributed by atoms with van der Waals surface area (Å²) in [5, 5.41) is 4.72. The summed E-state index contributed by atoms with van der Waals surface area (Å²) >= 11 is 1.27. The van der Waals surface area contributed by atoms with E-state index < -0.39 is 15.9 Å². The molecule has 0 radical (unpaired) electrons. The first-order chi connectivity index (χ1) is 9.89. The van der Waals surface area contributed by atoms with Gasteiger partial charge in [-0.3, -0.25) is 4.79 Å². The van der Waals surface area contributed by atoms with Gasteiger partial charge in [-0.25, -0.2) is 13.4 Å². The molecule has 21 heavy (non-hydrogen) atoms. The number of rotatable bonds is 5. The Labute approximate surface area is 127 Å². The summed E-state index contributed by atoms with van der Waals surface area (Å²) in [7, 11) is -2.30. The van der Waals surface area contributed by atoms with Crippen LogP contribution >= 0.6 is 11.3 Å². The summed E-state index contributed by atoms with van der Waals surface area (Å²) in [5.74, 6) is -0.428. The maximum absolute atomic E-state index is 12.3. The maximum atomic E-state index is 12.3. The van der Waals surface area contributed by atoms with Gasteiger partial charge in [0.05, 0.1) is 11.4 Å². The maximum Gasteiger partial charge on any atom is 0.243 e. The normalized spacial score (nSPS) is 11.6. The summed E-state index contributed by atoms with van der Waals surface area (Å²) in [6.07, 6.45) is 1.56. The molecule has 0 saturated heterocycles. The van der Waals surface area contributed by atoms with Gasteiger partial charge in [-0.15, -0.1) is 11.3 Å². The van der Waals surface area contributed by atoms with E-state index in [9.17, 15) is 13.2 Å². The molecule has 0 fully saturated rings. The van der Waals surface area contributed by atoms with Crippen molar-refractivity contribution < 1.29 is 13.2 Å². The van der Waals surface area contributed by atoms with E-state index in [1.54, 1.807) is 23.7 Å². The van der Waals surface area contributed by atoms with Crippen molar-refractivity contribution in [2.24, 2.45) is 0 Å². The number of nitrogens with one attached hydrogen (secondary N) is 1. The molecule has 1 N–H and O–H groups in total. The molecular weight excluding hydrogens is 310 g/mol. The lowest BCUT2D eigenvalue weighted by Gasteiger charge is -2.16. The van der Waals surface area contributed by atoms with E-state index in [4.69, 9.17) is 0 Å². The van der Waals surface area contributed by atoms with E-state index in [1.165, 1.54) is 30.5 Å². The Kier molecular flexibility index (Phi) is 4.71. The molecular formula is C13H15N3O3S2. The second-order valence-electron chi connectivity index (χ2n) is 4.46. The number of carbonyl (C=O) groups excluding carboxylic acids is 1. The molecule has 0 unspecified atom stereocenters. The third kappa shape index (κ3) is 3.87. The van der Waals surface area contributed by atoms with Crippen LogP contribution in [0.2, 0.25) is 0 Å². The van der Waals surface area contributed by atoms with Crippen LogP contribution in [0.1, 0.15) is 5.56 Å². The highest BCUT2D eigenvalue weighted by Gasteiger charge is 2.22. The predicted octanol–water partition coefficient (Wildman–Crippen LogP) is 1.71. The summed E-state index contributed by atoms with van der Waals surface area (Å²) in [4.78, 5) is 15.9. The van der Waals surface area contributed by atoms with Crippen LogP contribution in [-0.2, 0) is 14.8 Å². The van der Waals surface area contributed by atoms with Crippen molar-refractivity contribution in [1.29, 1.82) is 0 Å². The van der Waals surface area contributed by atoms with E-state index in [1.807, 2.05) is 6.92 Å². The smallest absolute Gasteiger partial charge is 0.243 e. The fourth-order valence-corrected chi connectivity index (χ4v) is 3.29. The molecule has 0 saturated carbocycles. The van der Waals surface area contributed by atoms with Crippen molar-refractivity contribution in [3.8, 4) is 0 Å². The summed E-state index contributed by atoms with van der Waals surface area (Å²) in [6, 6.07) is 6.49. The van der Waals surface area contributed by atoms with Gasteiger partial charge in [0.2, 0.25) is 15.9 Å². The number of aromatic nitrogens is 1. The van der Waals surface area contributed by atoms with Crippen molar-refractivity contribution in [2.45, 2.75) is 11.8 Å². The minimum Gasteiger partial charge on any atom is -0.301 e. The molecule has 0 bridgehead atoms. The number of carbonyl (C=O) groups is 1. The second-order valence-corrected chi connectivity index (χ2v) is 7.40. The molecule has 8 heteroatoms. The number of likely N-dealkylation sites (N-methyl/N-ethyl adjacent to an activating group) is 1. The van der Waals surface area contributed by atoms with E-state index in [-0.39, 0.29) is 11.4 Å². The van der Waals surface area contributed by atoms with Gasteiger partial charge in [0.25, 0.3) is 0 Å². The third-order valence-electron chi connectivity index (χ3n) is 2.77. The Balaban J connectivity index is 2.06. The van der Waals surface area contributed by atoms with Crippen LogP contribution < -0.4 is 5.32 Å². The van der Waals surface area contributed by atoms with Crippen molar-refractivity contribution in [2.75, 3.05) is 18.9 Å². The number of hydrogen-bond acceptors (Lipinski definition) is 5. The van der Waals surface area contributed by atoms with Crippen molar-refractivity contribution in [3.63, 3.8) is 0 Å². The molecule has 6 nitrogen and oxygen atoms in total. The lowest BCUT2D eigenvalue weighted by atomic mass is 10.2. The van der Waals surface area contributed by atoms with Gasteiger partial charge in [-0.05, 0) is 19.1 Å². The summed E-state index contributed by atoms with van der Waals surface area (Å²) in [6.45, 7) is 1.61. The van der Waals surface area contributed by atoms with Crippen molar-refractivity contribution in [3.05, 3.63) is 41.4 Å². The number of nitrogens with zero attached hydrogens (tertiary/aromatic N) is 2. The van der Waals surface area contributed by atoms with Crippen molar-refractivity contribution in [1.82, 2.24) is 9.29 Å². The van der Waals surface area contributed by atoms with Crippen LogP contribution in [0.25, 0.3) is 0 Å². The summed E-state index contributed by atoms with van der Waals surface area (Å²) in [5.41, 5.74) is 0.970. The van der Waals surface area contributed by atoms with Crippen LogP contribution in [0.3, 0.4) is 0 Å². The van der Waals surface area contributed by atoms with E-state index >= 15 is 0 Å². The van der Waals surface area contributed by atoms with Gasteiger partial charge < -0.3 is 5.32 Å². The van der Waals surface area contributed by atoms with Gasteiger partial charge in [-0.2, -0.15) is 4.31 Å². The van der Waals surface area contributed by atoms with Gasteiger partial charge in [-0.1, -0.05) is 17.7 Å². The highest BCUT2D eigenvalue weighted by Crippen LogP contribution is 2.15. The highest BCUT2D eigenvalue weighted by atomic mass is 32.2. The van der Waals surface area contributed by atoms with Crippen LogP contribution in [0.5, 0.6) is 0 Å². The number of anilines is 1. The number of amides is 1. The topological polar surface area (TPSA) is 79.4 Å². The summed E-state index contributed by atoms with van der Waals surface area (Å²) < 4.78 is 25.6. The van der Waals surface area contributed by atoms with Crippen molar-refractivity contribution >= 4 is 32.4 Å². The Morgan fingerprint density at radius 3 is 2.57 bits per heavy atom. The minimum absolute atomic E-state index is 0.164. The number of hydrogen-bond donors (Lipinski definition) is 1. The first-order valence-electron chi connectivity index (χ1n) is 6.12. The second kappa shape index (κ2) is 6.33. The molecule has 112 valence electrons. The van der Waals surface area contributed by atoms with Gasteiger partial charge in [0.15, 0.2) is 5.13 Å². The lowest BCUT2D eigenvalue weighted by molar-refractivity contribution is -0.116. The zero-order chi connectivity index (χ0) is 15.5. The molecule has 0 spiro atoms. The number of sulfonamides is 1. The third-order valence-corrected chi connectivity index (χ3v) is 5.28. The Morgan fingerprint density at radius 1 is 1.33 bits per heavy atom. The molecule has 1 aromatic heterocycles.